The quantitative estimate of drug-likeness (QED) is 0.722. The number of halogens is 2. The van der Waals surface area contributed by atoms with Gasteiger partial charge in [-0.1, -0.05) is 12.1 Å². The molecule has 0 aliphatic rings. The van der Waals surface area contributed by atoms with E-state index in [2.05, 4.69) is 4.74 Å². The van der Waals surface area contributed by atoms with Crippen molar-refractivity contribution in [1.82, 2.24) is 0 Å². The van der Waals surface area contributed by atoms with Crippen LogP contribution in [0.4, 0.5) is 8.78 Å². The number of alkyl halides is 2. The molecule has 0 heterocycles. The molecule has 0 atom stereocenters. The maximum Gasteiger partial charge on any atom is 0.387 e. The summed E-state index contributed by atoms with van der Waals surface area (Å²) in [5, 5.41) is 0. The van der Waals surface area contributed by atoms with Crippen LogP contribution < -0.4 is 4.74 Å². The van der Waals surface area contributed by atoms with Crippen LogP contribution in [0.25, 0.3) is 0 Å². The standard InChI is InChI=1S/C12H14F2O3/c1-2-16-11(15)8-5-9-3-6-10(7-4-9)17-12(13)14/h3-4,6-7,12H,2,5,8H2,1H3. The molecule has 94 valence electrons. The minimum absolute atomic E-state index is 0.111. The van der Waals surface area contributed by atoms with E-state index in [4.69, 9.17) is 4.74 Å². The van der Waals surface area contributed by atoms with Gasteiger partial charge in [0.15, 0.2) is 0 Å². The Balaban J connectivity index is 2.42. The molecule has 1 rings (SSSR count). The summed E-state index contributed by atoms with van der Waals surface area (Å²) in [6.07, 6.45) is 0.802. The third-order valence-electron chi connectivity index (χ3n) is 2.07. The zero-order chi connectivity index (χ0) is 12.7. The molecule has 0 aliphatic carbocycles. The topological polar surface area (TPSA) is 35.5 Å². The number of ether oxygens (including phenoxy) is 2. The fourth-order valence-electron chi connectivity index (χ4n) is 1.32. The first-order chi connectivity index (χ1) is 8.11. The number of aryl methyl sites for hydroxylation is 1. The summed E-state index contributed by atoms with van der Waals surface area (Å²) >= 11 is 0. The number of benzene rings is 1. The maximum atomic E-state index is 11.9. The number of hydrogen-bond acceptors (Lipinski definition) is 3. The van der Waals surface area contributed by atoms with Crippen molar-refractivity contribution < 1.29 is 23.0 Å². The van der Waals surface area contributed by atoms with Gasteiger partial charge in [-0.3, -0.25) is 4.79 Å². The van der Waals surface area contributed by atoms with Crippen molar-refractivity contribution in [1.29, 1.82) is 0 Å². The lowest BCUT2D eigenvalue weighted by atomic mass is 10.1. The molecule has 0 unspecified atom stereocenters. The van der Waals surface area contributed by atoms with Crippen LogP contribution in [0.2, 0.25) is 0 Å². The SMILES string of the molecule is CCOC(=O)CCc1ccc(OC(F)F)cc1. The Morgan fingerprint density at radius 1 is 1.29 bits per heavy atom. The van der Waals surface area contributed by atoms with Gasteiger partial charge in [0.25, 0.3) is 0 Å². The second-order valence-electron chi connectivity index (χ2n) is 3.33. The molecular formula is C12H14F2O3. The average Bonchev–Trinajstić information content (AvgIpc) is 2.28. The van der Waals surface area contributed by atoms with Crippen LogP contribution in [0.5, 0.6) is 5.75 Å². The first-order valence-electron chi connectivity index (χ1n) is 5.31. The lowest BCUT2D eigenvalue weighted by Crippen LogP contribution is -2.05. The van der Waals surface area contributed by atoms with Gasteiger partial charge in [0.2, 0.25) is 0 Å². The molecule has 0 spiro atoms. The van der Waals surface area contributed by atoms with Crippen molar-refractivity contribution >= 4 is 5.97 Å². The van der Waals surface area contributed by atoms with Gasteiger partial charge in [-0.2, -0.15) is 8.78 Å². The molecule has 0 saturated heterocycles. The van der Waals surface area contributed by atoms with Gasteiger partial charge in [0, 0.05) is 6.42 Å². The molecule has 17 heavy (non-hydrogen) atoms. The van der Waals surface area contributed by atoms with Gasteiger partial charge in [0.05, 0.1) is 6.61 Å². The summed E-state index contributed by atoms with van der Waals surface area (Å²) in [4.78, 5) is 11.1. The van der Waals surface area contributed by atoms with Crippen LogP contribution in [0.1, 0.15) is 18.9 Å². The van der Waals surface area contributed by atoms with Crippen molar-refractivity contribution in [2.45, 2.75) is 26.4 Å². The highest BCUT2D eigenvalue weighted by Gasteiger charge is 2.05. The highest BCUT2D eigenvalue weighted by atomic mass is 19.3. The molecule has 0 bridgehead atoms. The fourth-order valence-corrected chi connectivity index (χ4v) is 1.32. The fraction of sp³-hybridized carbons (Fsp3) is 0.417. The molecule has 0 aromatic heterocycles. The average molecular weight is 244 g/mol. The Labute approximate surface area is 98.3 Å². The lowest BCUT2D eigenvalue weighted by Gasteiger charge is -2.05. The zero-order valence-corrected chi connectivity index (χ0v) is 9.49. The minimum atomic E-state index is -2.82. The Hall–Kier alpha value is -1.65. The Morgan fingerprint density at radius 3 is 2.47 bits per heavy atom. The first kappa shape index (κ1) is 13.4. The predicted molar refractivity (Wildman–Crippen MR) is 58.0 cm³/mol. The number of esters is 1. The normalized spacial score (nSPS) is 10.4. The summed E-state index contributed by atoms with van der Waals surface area (Å²) in [7, 11) is 0. The van der Waals surface area contributed by atoms with E-state index in [1.54, 1.807) is 19.1 Å². The summed E-state index contributed by atoms with van der Waals surface area (Å²) in [6.45, 7) is -0.714. The number of hydrogen-bond donors (Lipinski definition) is 0. The number of carbonyl (C=O) groups excluding carboxylic acids is 1. The van der Waals surface area contributed by atoms with E-state index < -0.39 is 6.61 Å². The largest absolute Gasteiger partial charge is 0.466 e. The Bertz CT molecular complexity index is 349. The molecule has 0 N–H and O–H groups in total. The van der Waals surface area contributed by atoms with Gasteiger partial charge >= 0.3 is 12.6 Å². The molecule has 0 radical (unpaired) electrons. The Kier molecular flexibility index (Phi) is 5.39. The van der Waals surface area contributed by atoms with Crippen molar-refractivity contribution in [2.75, 3.05) is 6.61 Å². The summed E-state index contributed by atoms with van der Waals surface area (Å²) in [6, 6.07) is 6.20. The smallest absolute Gasteiger partial charge is 0.387 e. The molecule has 0 saturated carbocycles. The van der Waals surface area contributed by atoms with Gasteiger partial charge in [-0.25, -0.2) is 0 Å². The third-order valence-corrected chi connectivity index (χ3v) is 2.07. The zero-order valence-electron chi connectivity index (χ0n) is 9.49. The van der Waals surface area contributed by atoms with Gasteiger partial charge in [-0.05, 0) is 31.0 Å². The molecule has 3 nitrogen and oxygen atoms in total. The molecule has 0 amide bonds. The molecule has 0 aliphatic heterocycles. The molecular weight excluding hydrogens is 230 g/mol. The molecule has 1 aromatic carbocycles. The predicted octanol–water partition coefficient (Wildman–Crippen LogP) is 2.78. The first-order valence-corrected chi connectivity index (χ1v) is 5.31. The van der Waals surface area contributed by atoms with Crippen LogP contribution in [-0.2, 0) is 16.0 Å². The van der Waals surface area contributed by atoms with Crippen LogP contribution in [-0.4, -0.2) is 19.2 Å². The number of carbonyl (C=O) groups is 1. The highest BCUT2D eigenvalue weighted by molar-refractivity contribution is 5.69. The lowest BCUT2D eigenvalue weighted by molar-refractivity contribution is -0.143. The molecule has 5 heteroatoms. The van der Waals surface area contributed by atoms with Gasteiger partial charge < -0.3 is 9.47 Å². The monoisotopic (exact) mass is 244 g/mol. The Morgan fingerprint density at radius 2 is 1.94 bits per heavy atom. The third kappa shape index (κ3) is 5.29. The second-order valence-corrected chi connectivity index (χ2v) is 3.33. The van der Waals surface area contributed by atoms with Crippen LogP contribution in [0.3, 0.4) is 0 Å². The van der Waals surface area contributed by atoms with Gasteiger partial charge in [0.1, 0.15) is 5.75 Å². The van der Waals surface area contributed by atoms with Crippen LogP contribution >= 0.6 is 0 Å². The van der Waals surface area contributed by atoms with Crippen LogP contribution in [0, 0.1) is 0 Å². The highest BCUT2D eigenvalue weighted by Crippen LogP contribution is 2.15. The summed E-state index contributed by atoms with van der Waals surface area (Å²) < 4.78 is 32.7. The number of rotatable bonds is 6. The van der Waals surface area contributed by atoms with Crippen molar-refractivity contribution in [3.8, 4) is 5.75 Å². The minimum Gasteiger partial charge on any atom is -0.466 e. The maximum absolute atomic E-state index is 11.9. The van der Waals surface area contributed by atoms with Crippen molar-refractivity contribution in [3.63, 3.8) is 0 Å². The molecule has 1 aromatic rings. The van der Waals surface area contributed by atoms with Crippen molar-refractivity contribution in [3.05, 3.63) is 29.8 Å². The van der Waals surface area contributed by atoms with E-state index in [9.17, 15) is 13.6 Å². The second kappa shape index (κ2) is 6.83. The van der Waals surface area contributed by atoms with E-state index >= 15 is 0 Å². The van der Waals surface area contributed by atoms with E-state index in [1.807, 2.05) is 0 Å². The van der Waals surface area contributed by atoms with E-state index in [1.165, 1.54) is 12.1 Å². The van der Waals surface area contributed by atoms with E-state index in [-0.39, 0.29) is 18.1 Å². The van der Waals surface area contributed by atoms with Crippen LogP contribution in [0.15, 0.2) is 24.3 Å². The van der Waals surface area contributed by atoms with Crippen molar-refractivity contribution in [2.24, 2.45) is 0 Å². The van der Waals surface area contributed by atoms with E-state index in [0.717, 1.165) is 5.56 Å². The van der Waals surface area contributed by atoms with Gasteiger partial charge in [-0.15, -0.1) is 0 Å². The molecule has 0 fully saturated rings. The summed E-state index contributed by atoms with van der Waals surface area (Å²) in [5.41, 5.74) is 0.875. The van der Waals surface area contributed by atoms with E-state index in [0.29, 0.717) is 13.0 Å². The summed E-state index contributed by atoms with van der Waals surface area (Å²) in [5.74, 6) is -0.153.